The van der Waals surface area contributed by atoms with Gasteiger partial charge in [0.2, 0.25) is 5.91 Å². The Hall–Kier alpha value is -4.06. The summed E-state index contributed by atoms with van der Waals surface area (Å²) in [5.74, 6) is 0.440. The molecular formula is C27H31N5O4. The third-order valence-electron chi connectivity index (χ3n) is 6.97. The predicted octanol–water partition coefficient (Wildman–Crippen LogP) is 3.04. The number of carbonyl (C=O) groups is 2. The molecule has 1 aliphatic rings. The minimum absolute atomic E-state index is 0.0474. The van der Waals surface area contributed by atoms with Crippen molar-refractivity contribution in [3.05, 3.63) is 63.2 Å². The largest absolute Gasteiger partial charge is 0.496 e. The minimum atomic E-state index is -0.286. The summed E-state index contributed by atoms with van der Waals surface area (Å²) in [5.41, 5.74) is 3.21. The number of nitrogens with zero attached hydrogens (tertiary/aromatic N) is 3. The lowest BCUT2D eigenvalue weighted by Crippen LogP contribution is -2.39. The number of hydrogen-bond donors (Lipinski definition) is 2. The number of rotatable bonds is 7. The van der Waals surface area contributed by atoms with Gasteiger partial charge in [-0.3, -0.25) is 14.4 Å². The van der Waals surface area contributed by atoms with Gasteiger partial charge in [0.15, 0.2) is 0 Å². The summed E-state index contributed by atoms with van der Waals surface area (Å²) in [7, 11) is 1.50. The van der Waals surface area contributed by atoms with E-state index in [1.165, 1.54) is 7.11 Å². The topological polar surface area (TPSA) is 120 Å². The van der Waals surface area contributed by atoms with Crippen molar-refractivity contribution in [1.82, 2.24) is 19.8 Å². The Morgan fingerprint density at radius 2 is 1.94 bits per heavy atom. The van der Waals surface area contributed by atoms with Crippen molar-refractivity contribution >= 4 is 22.7 Å². The summed E-state index contributed by atoms with van der Waals surface area (Å²) in [4.78, 5) is 42.4. The highest BCUT2D eigenvalue weighted by Crippen LogP contribution is 2.29. The Bertz CT molecular complexity index is 1390. The molecular weight excluding hydrogens is 458 g/mol. The van der Waals surface area contributed by atoms with Crippen molar-refractivity contribution in [2.24, 2.45) is 5.92 Å². The quantitative estimate of drug-likeness (QED) is 0.529. The fraction of sp³-hybridized carbons (Fsp3) is 0.407. The highest BCUT2D eigenvalue weighted by Gasteiger charge is 2.26. The predicted molar refractivity (Wildman–Crippen MR) is 136 cm³/mol. The van der Waals surface area contributed by atoms with E-state index in [9.17, 15) is 14.4 Å². The van der Waals surface area contributed by atoms with Crippen LogP contribution in [0.25, 0.3) is 10.9 Å². The van der Waals surface area contributed by atoms with E-state index in [2.05, 4.69) is 14.9 Å². The standard InChI is InChI=1S/C27H31N5O4/c1-17-14-23(36-3)21(26(34)30-17)15-29-27(35)25-18(2)32(22-7-5-4-6-20(22)25)16-19-9-12-31(13-10-19)24(33)8-11-28/h4-7,14,19H,8-10,12-13,15-16H2,1-3H3,(H,29,35)(H,30,34). The van der Waals surface area contributed by atoms with Crippen LogP contribution in [0.2, 0.25) is 0 Å². The first-order valence-corrected chi connectivity index (χ1v) is 12.1. The molecule has 3 heterocycles. The van der Waals surface area contributed by atoms with Gasteiger partial charge in [0, 0.05) is 41.9 Å². The average Bonchev–Trinajstić information content (AvgIpc) is 3.14. The molecule has 4 rings (SSSR count). The van der Waals surface area contributed by atoms with Crippen molar-refractivity contribution in [2.75, 3.05) is 20.2 Å². The first kappa shape index (κ1) is 25.0. The molecule has 0 unspecified atom stereocenters. The third kappa shape index (κ3) is 4.98. The molecule has 2 aromatic heterocycles. The molecule has 9 heteroatoms. The van der Waals surface area contributed by atoms with Gasteiger partial charge in [0.1, 0.15) is 12.2 Å². The number of aromatic nitrogens is 2. The maximum Gasteiger partial charge on any atom is 0.256 e. The maximum absolute atomic E-state index is 13.4. The van der Waals surface area contributed by atoms with Crippen molar-refractivity contribution in [2.45, 2.75) is 46.2 Å². The minimum Gasteiger partial charge on any atom is -0.496 e. The van der Waals surface area contributed by atoms with E-state index in [1.54, 1.807) is 17.9 Å². The van der Waals surface area contributed by atoms with Crippen LogP contribution in [0.15, 0.2) is 35.1 Å². The first-order valence-electron chi connectivity index (χ1n) is 12.1. The van der Waals surface area contributed by atoms with Gasteiger partial charge in [-0.05, 0) is 44.7 Å². The van der Waals surface area contributed by atoms with Gasteiger partial charge >= 0.3 is 0 Å². The van der Waals surface area contributed by atoms with E-state index < -0.39 is 0 Å². The van der Waals surface area contributed by atoms with Crippen LogP contribution in [0.3, 0.4) is 0 Å². The maximum atomic E-state index is 13.4. The summed E-state index contributed by atoms with van der Waals surface area (Å²) in [5, 5.41) is 12.6. The van der Waals surface area contributed by atoms with Gasteiger partial charge in [0.05, 0.1) is 30.9 Å². The lowest BCUT2D eigenvalue weighted by atomic mass is 9.96. The summed E-state index contributed by atoms with van der Waals surface area (Å²) >= 11 is 0. The zero-order chi connectivity index (χ0) is 25.8. The molecule has 9 nitrogen and oxygen atoms in total. The van der Waals surface area contributed by atoms with E-state index in [0.717, 1.165) is 36.0 Å². The Morgan fingerprint density at radius 1 is 1.22 bits per heavy atom. The van der Waals surface area contributed by atoms with Gasteiger partial charge in [-0.15, -0.1) is 0 Å². The van der Waals surface area contributed by atoms with Crippen LogP contribution in [-0.2, 0) is 17.9 Å². The Morgan fingerprint density at radius 3 is 2.64 bits per heavy atom. The van der Waals surface area contributed by atoms with Crippen LogP contribution >= 0.6 is 0 Å². The summed E-state index contributed by atoms with van der Waals surface area (Å²) < 4.78 is 7.53. The number of para-hydroxylation sites is 1. The number of methoxy groups -OCH3 is 1. The SMILES string of the molecule is COc1cc(C)[nH]c(=O)c1CNC(=O)c1c(C)n(CC2CCN(C(=O)CC#N)CC2)c2ccccc12. The normalized spacial score (nSPS) is 14.0. The molecule has 1 saturated heterocycles. The van der Waals surface area contributed by atoms with Crippen LogP contribution in [0, 0.1) is 31.1 Å². The highest BCUT2D eigenvalue weighted by molar-refractivity contribution is 6.08. The van der Waals surface area contributed by atoms with E-state index in [4.69, 9.17) is 10.00 Å². The van der Waals surface area contributed by atoms with Crippen LogP contribution in [0.1, 0.15) is 46.6 Å². The number of H-pyrrole nitrogens is 1. The Balaban J connectivity index is 1.54. The molecule has 36 heavy (non-hydrogen) atoms. The molecule has 0 saturated carbocycles. The molecule has 0 bridgehead atoms. The van der Waals surface area contributed by atoms with Gasteiger partial charge < -0.3 is 24.5 Å². The number of nitriles is 1. The number of hydrogen-bond acceptors (Lipinski definition) is 5. The van der Waals surface area contributed by atoms with Crippen molar-refractivity contribution in [1.29, 1.82) is 5.26 Å². The Labute approximate surface area is 209 Å². The van der Waals surface area contributed by atoms with E-state index in [-0.39, 0.29) is 30.3 Å². The lowest BCUT2D eigenvalue weighted by Gasteiger charge is -2.32. The number of nitrogens with one attached hydrogen (secondary N) is 2. The van der Waals surface area contributed by atoms with Gasteiger partial charge in [-0.2, -0.15) is 5.26 Å². The number of fused-ring (bicyclic) bond motifs is 1. The number of pyridine rings is 1. The van der Waals surface area contributed by atoms with Crippen LogP contribution in [-0.4, -0.2) is 46.5 Å². The van der Waals surface area contributed by atoms with Crippen LogP contribution in [0.5, 0.6) is 5.75 Å². The third-order valence-corrected chi connectivity index (χ3v) is 6.97. The number of aryl methyl sites for hydroxylation is 1. The molecule has 1 aliphatic heterocycles. The molecule has 2 amide bonds. The molecule has 0 spiro atoms. The zero-order valence-corrected chi connectivity index (χ0v) is 20.9. The van der Waals surface area contributed by atoms with Crippen molar-refractivity contribution in [3.63, 3.8) is 0 Å². The fourth-order valence-corrected chi connectivity index (χ4v) is 5.05. The number of aromatic amines is 1. The monoisotopic (exact) mass is 489 g/mol. The van der Waals surface area contributed by atoms with Gasteiger partial charge in [-0.1, -0.05) is 18.2 Å². The lowest BCUT2D eigenvalue weighted by molar-refractivity contribution is -0.131. The highest BCUT2D eigenvalue weighted by atomic mass is 16.5. The van der Waals surface area contributed by atoms with E-state index >= 15 is 0 Å². The number of ether oxygens (including phenoxy) is 1. The van der Waals surface area contributed by atoms with E-state index in [1.807, 2.05) is 37.3 Å². The zero-order valence-electron chi connectivity index (χ0n) is 20.9. The number of carbonyl (C=O) groups excluding carboxylic acids is 2. The number of benzene rings is 1. The van der Waals surface area contributed by atoms with Crippen molar-refractivity contribution in [3.8, 4) is 11.8 Å². The molecule has 2 N–H and O–H groups in total. The molecule has 0 radical (unpaired) electrons. The molecule has 1 fully saturated rings. The average molecular weight is 490 g/mol. The fourth-order valence-electron chi connectivity index (χ4n) is 5.05. The second-order valence-corrected chi connectivity index (χ2v) is 9.26. The van der Waals surface area contributed by atoms with Crippen LogP contribution < -0.4 is 15.6 Å². The molecule has 3 aromatic rings. The van der Waals surface area contributed by atoms with Gasteiger partial charge in [-0.25, -0.2) is 0 Å². The first-order chi connectivity index (χ1) is 17.3. The van der Waals surface area contributed by atoms with E-state index in [0.29, 0.717) is 41.6 Å². The Kier molecular flexibility index (Phi) is 7.44. The molecule has 1 aromatic carbocycles. The number of likely N-dealkylation sites (tertiary alicyclic amines) is 1. The summed E-state index contributed by atoms with van der Waals surface area (Å²) in [6.07, 6.45) is 1.62. The second kappa shape index (κ2) is 10.7. The second-order valence-electron chi connectivity index (χ2n) is 9.26. The molecule has 188 valence electrons. The summed E-state index contributed by atoms with van der Waals surface area (Å²) in [6.45, 7) is 5.79. The molecule has 0 atom stereocenters. The van der Waals surface area contributed by atoms with Gasteiger partial charge in [0.25, 0.3) is 11.5 Å². The van der Waals surface area contributed by atoms with Crippen molar-refractivity contribution < 1.29 is 14.3 Å². The molecule has 0 aliphatic carbocycles. The van der Waals surface area contributed by atoms with Crippen LogP contribution in [0.4, 0.5) is 0 Å². The number of amides is 2. The smallest absolute Gasteiger partial charge is 0.256 e. The summed E-state index contributed by atoms with van der Waals surface area (Å²) in [6, 6.07) is 11.5. The number of piperidine rings is 1.